The molecule has 0 unspecified atom stereocenters. The van der Waals surface area contributed by atoms with E-state index in [0.29, 0.717) is 17.7 Å². The molecule has 2 aromatic heterocycles. The summed E-state index contributed by atoms with van der Waals surface area (Å²) in [7, 11) is 0. The van der Waals surface area contributed by atoms with E-state index in [1.165, 1.54) is 9.13 Å². The van der Waals surface area contributed by atoms with Gasteiger partial charge in [-0.25, -0.2) is 14.3 Å². The Bertz CT molecular complexity index is 1190. The van der Waals surface area contributed by atoms with Crippen LogP contribution < -0.4 is 11.0 Å². The number of carbonyl (C=O) groups is 1. The minimum absolute atomic E-state index is 0.0628. The van der Waals surface area contributed by atoms with Crippen LogP contribution in [0.4, 0.5) is 0 Å². The fourth-order valence-corrected chi connectivity index (χ4v) is 3.27. The first-order valence-corrected chi connectivity index (χ1v) is 9.07. The lowest BCUT2D eigenvalue weighted by Gasteiger charge is -2.07. The van der Waals surface area contributed by atoms with Gasteiger partial charge in [-0.15, -0.1) is 0 Å². The van der Waals surface area contributed by atoms with Gasteiger partial charge in [-0.2, -0.15) is 0 Å². The van der Waals surface area contributed by atoms with Crippen molar-refractivity contribution >= 4 is 17.1 Å². The van der Waals surface area contributed by atoms with Gasteiger partial charge in [-0.1, -0.05) is 48.0 Å². The van der Waals surface area contributed by atoms with Crippen molar-refractivity contribution in [1.29, 1.82) is 0 Å². The molecular weight excluding hydrogens is 352 g/mol. The van der Waals surface area contributed by atoms with Crippen molar-refractivity contribution < 1.29 is 4.79 Å². The molecule has 4 aromatic rings. The lowest BCUT2D eigenvalue weighted by molar-refractivity contribution is -0.121. The van der Waals surface area contributed by atoms with Gasteiger partial charge < -0.3 is 5.32 Å². The number of amides is 1. The highest BCUT2D eigenvalue weighted by molar-refractivity contribution is 5.80. The number of aromatic nitrogens is 3. The highest BCUT2D eigenvalue weighted by Crippen LogP contribution is 2.15. The SMILES string of the molecule is Cc1cccc(CNC(=O)Cn2c(=O)n(-c3ccccc3)c3ncccc32)c1. The van der Waals surface area contributed by atoms with E-state index in [2.05, 4.69) is 10.3 Å². The monoisotopic (exact) mass is 372 g/mol. The molecule has 1 amide bonds. The molecule has 0 aliphatic heterocycles. The molecule has 6 heteroatoms. The first-order valence-electron chi connectivity index (χ1n) is 9.07. The average Bonchev–Trinajstić information content (AvgIpc) is 2.99. The van der Waals surface area contributed by atoms with Gasteiger partial charge >= 0.3 is 5.69 Å². The number of benzene rings is 2. The molecule has 1 N–H and O–H groups in total. The summed E-state index contributed by atoms with van der Waals surface area (Å²) in [6, 6.07) is 20.8. The quantitative estimate of drug-likeness (QED) is 0.586. The molecule has 28 heavy (non-hydrogen) atoms. The number of aryl methyl sites for hydroxylation is 1. The molecule has 2 heterocycles. The highest BCUT2D eigenvalue weighted by atomic mass is 16.2. The molecule has 6 nitrogen and oxygen atoms in total. The van der Waals surface area contributed by atoms with Gasteiger partial charge in [-0.3, -0.25) is 9.36 Å². The van der Waals surface area contributed by atoms with E-state index in [0.717, 1.165) is 16.8 Å². The smallest absolute Gasteiger partial charge is 0.335 e. The Balaban J connectivity index is 1.63. The predicted octanol–water partition coefficient (Wildman–Crippen LogP) is 2.81. The zero-order valence-corrected chi connectivity index (χ0v) is 15.5. The van der Waals surface area contributed by atoms with Crippen LogP contribution in [0.25, 0.3) is 16.9 Å². The Labute approximate surface area is 162 Å². The average molecular weight is 372 g/mol. The summed E-state index contributed by atoms with van der Waals surface area (Å²) in [5.41, 5.74) is 3.75. The highest BCUT2D eigenvalue weighted by Gasteiger charge is 2.17. The van der Waals surface area contributed by atoms with Crippen molar-refractivity contribution in [3.8, 4) is 5.69 Å². The van der Waals surface area contributed by atoms with Gasteiger partial charge in [0.2, 0.25) is 5.91 Å². The number of rotatable bonds is 5. The Hall–Kier alpha value is -3.67. The topological polar surface area (TPSA) is 68.9 Å². The van der Waals surface area contributed by atoms with E-state index >= 15 is 0 Å². The van der Waals surface area contributed by atoms with Gasteiger partial charge in [0.05, 0.1) is 11.2 Å². The van der Waals surface area contributed by atoms with Crippen LogP contribution in [0.15, 0.2) is 77.7 Å². The minimum atomic E-state index is -0.286. The summed E-state index contributed by atoms with van der Waals surface area (Å²) in [5.74, 6) is -0.223. The molecule has 0 saturated heterocycles. The van der Waals surface area contributed by atoms with Gasteiger partial charge in [-0.05, 0) is 36.8 Å². The van der Waals surface area contributed by atoms with E-state index in [9.17, 15) is 9.59 Å². The van der Waals surface area contributed by atoms with Crippen LogP contribution in [0.2, 0.25) is 0 Å². The maximum absolute atomic E-state index is 13.0. The van der Waals surface area contributed by atoms with Crippen molar-refractivity contribution in [2.45, 2.75) is 20.0 Å². The number of fused-ring (bicyclic) bond motifs is 1. The van der Waals surface area contributed by atoms with E-state index in [1.54, 1.807) is 18.3 Å². The summed E-state index contributed by atoms with van der Waals surface area (Å²) in [6.07, 6.45) is 1.64. The van der Waals surface area contributed by atoms with Gasteiger partial charge in [0, 0.05) is 12.7 Å². The van der Waals surface area contributed by atoms with Crippen molar-refractivity contribution in [2.75, 3.05) is 0 Å². The number of pyridine rings is 1. The van der Waals surface area contributed by atoms with Crippen LogP contribution in [0.3, 0.4) is 0 Å². The Kier molecular flexibility index (Phi) is 4.76. The molecule has 0 saturated carbocycles. The molecule has 0 radical (unpaired) electrons. The fourth-order valence-electron chi connectivity index (χ4n) is 3.27. The maximum Gasteiger partial charge on any atom is 0.335 e. The number of carbonyl (C=O) groups excluding carboxylic acids is 1. The van der Waals surface area contributed by atoms with Crippen LogP contribution >= 0.6 is 0 Å². The molecular formula is C22H20N4O2. The first kappa shape index (κ1) is 17.7. The first-order chi connectivity index (χ1) is 13.6. The molecule has 0 bridgehead atoms. The summed E-state index contributed by atoms with van der Waals surface area (Å²) in [4.78, 5) is 29.9. The Morgan fingerprint density at radius 1 is 1.04 bits per heavy atom. The van der Waals surface area contributed by atoms with E-state index in [-0.39, 0.29) is 18.1 Å². The van der Waals surface area contributed by atoms with Crippen molar-refractivity contribution in [3.05, 3.63) is 94.5 Å². The fraction of sp³-hybridized carbons (Fsp3) is 0.136. The van der Waals surface area contributed by atoms with Crippen LogP contribution in [-0.4, -0.2) is 20.0 Å². The second-order valence-electron chi connectivity index (χ2n) is 6.65. The van der Waals surface area contributed by atoms with Crippen LogP contribution in [0, 0.1) is 6.92 Å². The van der Waals surface area contributed by atoms with Crippen molar-refractivity contribution in [3.63, 3.8) is 0 Å². The largest absolute Gasteiger partial charge is 0.350 e. The number of hydrogen-bond acceptors (Lipinski definition) is 3. The van der Waals surface area contributed by atoms with Crippen molar-refractivity contribution in [2.24, 2.45) is 0 Å². The summed E-state index contributed by atoms with van der Waals surface area (Å²) in [5, 5.41) is 2.89. The predicted molar refractivity (Wildman–Crippen MR) is 108 cm³/mol. The molecule has 0 aliphatic rings. The third-order valence-electron chi connectivity index (χ3n) is 4.58. The second kappa shape index (κ2) is 7.52. The Morgan fingerprint density at radius 2 is 1.86 bits per heavy atom. The zero-order valence-electron chi connectivity index (χ0n) is 15.5. The number of hydrogen-bond donors (Lipinski definition) is 1. The summed E-state index contributed by atoms with van der Waals surface area (Å²) >= 11 is 0. The normalized spacial score (nSPS) is 10.9. The molecule has 0 fully saturated rings. The van der Waals surface area contributed by atoms with Crippen LogP contribution in [-0.2, 0) is 17.9 Å². The van der Waals surface area contributed by atoms with Crippen molar-refractivity contribution in [1.82, 2.24) is 19.4 Å². The van der Waals surface area contributed by atoms with Gasteiger partial charge in [0.1, 0.15) is 6.54 Å². The van der Waals surface area contributed by atoms with Gasteiger partial charge in [0.25, 0.3) is 0 Å². The number of para-hydroxylation sites is 1. The number of imidazole rings is 1. The standard InChI is InChI=1S/C22H20N4O2/c1-16-7-5-8-17(13-16)14-24-20(27)15-25-19-11-6-12-23-21(19)26(22(25)28)18-9-3-2-4-10-18/h2-13H,14-15H2,1H3,(H,24,27). The third-order valence-corrected chi connectivity index (χ3v) is 4.58. The second-order valence-corrected chi connectivity index (χ2v) is 6.65. The van der Waals surface area contributed by atoms with Crippen LogP contribution in [0.5, 0.6) is 0 Å². The van der Waals surface area contributed by atoms with E-state index in [4.69, 9.17) is 0 Å². The molecule has 0 aliphatic carbocycles. The molecule has 140 valence electrons. The lowest BCUT2D eigenvalue weighted by Crippen LogP contribution is -2.32. The van der Waals surface area contributed by atoms with Gasteiger partial charge in [0.15, 0.2) is 5.65 Å². The lowest BCUT2D eigenvalue weighted by atomic mass is 10.1. The number of nitrogens with one attached hydrogen (secondary N) is 1. The zero-order chi connectivity index (χ0) is 19.5. The maximum atomic E-state index is 13.0. The third kappa shape index (κ3) is 3.44. The molecule has 0 atom stereocenters. The molecule has 4 rings (SSSR count). The molecule has 2 aromatic carbocycles. The van der Waals surface area contributed by atoms with Crippen LogP contribution in [0.1, 0.15) is 11.1 Å². The summed E-state index contributed by atoms with van der Waals surface area (Å²) in [6.45, 7) is 2.37. The van der Waals surface area contributed by atoms with E-state index < -0.39 is 0 Å². The summed E-state index contributed by atoms with van der Waals surface area (Å²) < 4.78 is 2.99. The number of nitrogens with zero attached hydrogens (tertiary/aromatic N) is 3. The minimum Gasteiger partial charge on any atom is -0.350 e. The van der Waals surface area contributed by atoms with E-state index in [1.807, 2.05) is 61.5 Å². The Morgan fingerprint density at radius 3 is 2.64 bits per heavy atom. The molecule has 0 spiro atoms.